The number of carbonyl (C=O) groups is 1. The molecule has 1 aromatic carbocycles. The highest BCUT2D eigenvalue weighted by molar-refractivity contribution is 5.98. The number of hydrogen-bond acceptors (Lipinski definition) is 3. The van der Waals surface area contributed by atoms with Crippen molar-refractivity contribution >= 4 is 11.5 Å². The van der Waals surface area contributed by atoms with Crippen molar-refractivity contribution in [3.63, 3.8) is 0 Å². The summed E-state index contributed by atoms with van der Waals surface area (Å²) >= 11 is 0. The molecule has 1 aromatic rings. The third-order valence-corrected chi connectivity index (χ3v) is 2.84. The van der Waals surface area contributed by atoms with Gasteiger partial charge in [0.25, 0.3) is 0 Å². The smallest absolute Gasteiger partial charge is 0.163 e. The summed E-state index contributed by atoms with van der Waals surface area (Å²) in [4.78, 5) is 13.4. The van der Waals surface area contributed by atoms with Crippen LogP contribution in [0.15, 0.2) is 18.2 Å². The van der Waals surface area contributed by atoms with Gasteiger partial charge in [0.2, 0.25) is 0 Å². The second-order valence-electron chi connectivity index (χ2n) is 3.92. The standard InChI is InChI=1S/C12H15NO2/c1-9(14)10-5-4-6-11(12(10)15)13-7-2-3-8-13/h4-6,15H,2-3,7-8H2,1H3. The molecule has 2 rings (SSSR count). The number of benzene rings is 1. The Morgan fingerprint density at radius 2 is 2.00 bits per heavy atom. The fraction of sp³-hybridized carbons (Fsp3) is 0.417. The van der Waals surface area contributed by atoms with Gasteiger partial charge in [0.1, 0.15) is 5.75 Å². The van der Waals surface area contributed by atoms with E-state index in [-0.39, 0.29) is 11.5 Å². The van der Waals surface area contributed by atoms with E-state index in [9.17, 15) is 9.90 Å². The molecule has 80 valence electrons. The largest absolute Gasteiger partial charge is 0.505 e. The summed E-state index contributed by atoms with van der Waals surface area (Å²) in [5, 5.41) is 9.96. The van der Waals surface area contributed by atoms with Gasteiger partial charge in [0.05, 0.1) is 11.3 Å². The van der Waals surface area contributed by atoms with Crippen molar-refractivity contribution in [3.8, 4) is 5.75 Å². The van der Waals surface area contributed by atoms with Gasteiger partial charge in [-0.3, -0.25) is 4.79 Å². The van der Waals surface area contributed by atoms with Crippen LogP contribution in [0.4, 0.5) is 5.69 Å². The molecule has 0 aliphatic carbocycles. The van der Waals surface area contributed by atoms with Crippen LogP contribution in [-0.4, -0.2) is 24.0 Å². The van der Waals surface area contributed by atoms with E-state index in [4.69, 9.17) is 0 Å². The molecule has 0 spiro atoms. The quantitative estimate of drug-likeness (QED) is 0.752. The zero-order valence-electron chi connectivity index (χ0n) is 8.86. The number of para-hydroxylation sites is 1. The fourth-order valence-corrected chi connectivity index (χ4v) is 2.03. The first-order valence-electron chi connectivity index (χ1n) is 5.28. The number of hydrogen-bond donors (Lipinski definition) is 1. The molecular formula is C12H15NO2. The summed E-state index contributed by atoms with van der Waals surface area (Å²) in [6.07, 6.45) is 2.31. The molecule has 0 unspecified atom stereocenters. The first-order chi connectivity index (χ1) is 7.20. The van der Waals surface area contributed by atoms with E-state index in [0.717, 1.165) is 31.6 Å². The molecule has 1 N–H and O–H groups in total. The SMILES string of the molecule is CC(=O)c1cccc(N2CCCC2)c1O. The van der Waals surface area contributed by atoms with Crippen LogP contribution in [0.5, 0.6) is 5.75 Å². The number of ketones is 1. The molecule has 0 aromatic heterocycles. The molecule has 0 amide bonds. The highest BCUT2D eigenvalue weighted by atomic mass is 16.3. The second-order valence-corrected chi connectivity index (χ2v) is 3.92. The minimum atomic E-state index is -0.0893. The van der Waals surface area contributed by atoms with Crippen LogP contribution in [0.1, 0.15) is 30.1 Å². The Kier molecular flexibility index (Phi) is 2.62. The highest BCUT2D eigenvalue weighted by Crippen LogP contribution is 2.32. The number of phenols is 1. The van der Waals surface area contributed by atoms with Gasteiger partial charge in [-0.2, -0.15) is 0 Å². The molecule has 1 fully saturated rings. The van der Waals surface area contributed by atoms with Crippen LogP contribution in [0, 0.1) is 0 Å². The summed E-state index contributed by atoms with van der Waals surface area (Å²) in [5.74, 6) is 0.0421. The lowest BCUT2D eigenvalue weighted by molar-refractivity contribution is 0.101. The average molecular weight is 205 g/mol. The Labute approximate surface area is 89.3 Å². The van der Waals surface area contributed by atoms with E-state index in [1.54, 1.807) is 6.07 Å². The van der Waals surface area contributed by atoms with Crippen LogP contribution >= 0.6 is 0 Å². The number of anilines is 1. The van der Waals surface area contributed by atoms with Crippen LogP contribution in [0.2, 0.25) is 0 Å². The van der Waals surface area contributed by atoms with Gasteiger partial charge < -0.3 is 10.0 Å². The van der Waals surface area contributed by atoms with Crippen LogP contribution in [-0.2, 0) is 0 Å². The third kappa shape index (κ3) is 1.82. The summed E-state index contributed by atoms with van der Waals surface area (Å²) in [5.41, 5.74) is 1.21. The van der Waals surface area contributed by atoms with Crippen molar-refractivity contribution in [2.24, 2.45) is 0 Å². The number of carbonyl (C=O) groups excluding carboxylic acids is 1. The molecule has 1 saturated heterocycles. The summed E-state index contributed by atoms with van der Waals surface area (Å²) in [7, 11) is 0. The monoisotopic (exact) mass is 205 g/mol. The number of rotatable bonds is 2. The maximum Gasteiger partial charge on any atom is 0.163 e. The van der Waals surface area contributed by atoms with Crippen molar-refractivity contribution in [3.05, 3.63) is 23.8 Å². The number of Topliss-reactive ketones (excluding diaryl/α,β-unsaturated/α-hetero) is 1. The average Bonchev–Trinajstić information content (AvgIpc) is 2.70. The molecule has 3 heteroatoms. The van der Waals surface area contributed by atoms with Gasteiger partial charge in [-0.05, 0) is 31.9 Å². The maximum atomic E-state index is 11.3. The molecule has 1 aliphatic heterocycles. The predicted molar refractivity (Wildman–Crippen MR) is 59.6 cm³/mol. The third-order valence-electron chi connectivity index (χ3n) is 2.84. The number of aromatic hydroxyl groups is 1. The van der Waals surface area contributed by atoms with Crippen molar-refractivity contribution in [2.75, 3.05) is 18.0 Å². The Hall–Kier alpha value is -1.51. The Morgan fingerprint density at radius 3 is 2.60 bits per heavy atom. The molecule has 1 heterocycles. The molecule has 0 atom stereocenters. The van der Waals surface area contributed by atoms with E-state index in [1.807, 2.05) is 12.1 Å². The lowest BCUT2D eigenvalue weighted by Gasteiger charge is -2.19. The van der Waals surface area contributed by atoms with Crippen molar-refractivity contribution in [1.82, 2.24) is 0 Å². The summed E-state index contributed by atoms with van der Waals surface area (Å²) in [6.45, 7) is 3.41. The van der Waals surface area contributed by atoms with E-state index in [2.05, 4.69) is 4.90 Å². The Bertz CT molecular complexity index is 381. The summed E-state index contributed by atoms with van der Waals surface area (Å²) < 4.78 is 0. The topological polar surface area (TPSA) is 40.5 Å². The Balaban J connectivity index is 2.39. The van der Waals surface area contributed by atoms with Crippen molar-refractivity contribution < 1.29 is 9.90 Å². The van der Waals surface area contributed by atoms with Crippen molar-refractivity contribution in [1.29, 1.82) is 0 Å². The van der Waals surface area contributed by atoms with E-state index in [0.29, 0.717) is 5.56 Å². The normalized spacial score (nSPS) is 15.7. The first kappa shape index (κ1) is 10.0. The van der Waals surface area contributed by atoms with Crippen LogP contribution < -0.4 is 4.90 Å². The number of nitrogens with zero attached hydrogens (tertiary/aromatic N) is 1. The van der Waals surface area contributed by atoms with Gasteiger partial charge >= 0.3 is 0 Å². The van der Waals surface area contributed by atoms with Gasteiger partial charge in [-0.1, -0.05) is 6.07 Å². The van der Waals surface area contributed by atoms with E-state index >= 15 is 0 Å². The van der Waals surface area contributed by atoms with Crippen molar-refractivity contribution in [2.45, 2.75) is 19.8 Å². The Morgan fingerprint density at radius 1 is 1.33 bits per heavy atom. The molecule has 3 nitrogen and oxygen atoms in total. The van der Waals surface area contributed by atoms with E-state index in [1.165, 1.54) is 6.92 Å². The van der Waals surface area contributed by atoms with E-state index < -0.39 is 0 Å². The second kappa shape index (κ2) is 3.93. The van der Waals surface area contributed by atoms with Gasteiger partial charge in [0.15, 0.2) is 5.78 Å². The highest BCUT2D eigenvalue weighted by Gasteiger charge is 2.18. The minimum absolute atomic E-state index is 0.0893. The predicted octanol–water partition coefficient (Wildman–Crippen LogP) is 2.19. The maximum absolute atomic E-state index is 11.3. The lowest BCUT2D eigenvalue weighted by atomic mass is 10.1. The molecule has 0 bridgehead atoms. The first-order valence-corrected chi connectivity index (χ1v) is 5.28. The zero-order valence-corrected chi connectivity index (χ0v) is 8.86. The molecule has 15 heavy (non-hydrogen) atoms. The van der Waals surface area contributed by atoms with Crippen LogP contribution in [0.25, 0.3) is 0 Å². The minimum Gasteiger partial charge on any atom is -0.505 e. The molecular weight excluding hydrogens is 190 g/mol. The lowest BCUT2D eigenvalue weighted by Crippen LogP contribution is -2.18. The zero-order chi connectivity index (χ0) is 10.8. The molecule has 0 radical (unpaired) electrons. The van der Waals surface area contributed by atoms with Gasteiger partial charge in [-0.25, -0.2) is 0 Å². The van der Waals surface area contributed by atoms with Gasteiger partial charge in [-0.15, -0.1) is 0 Å². The van der Waals surface area contributed by atoms with Gasteiger partial charge in [0, 0.05) is 13.1 Å². The number of phenolic OH excluding ortho intramolecular Hbond substituents is 1. The fourth-order valence-electron chi connectivity index (χ4n) is 2.03. The molecule has 1 aliphatic rings. The summed E-state index contributed by atoms with van der Waals surface area (Å²) in [6, 6.07) is 5.36. The molecule has 0 saturated carbocycles. The van der Waals surface area contributed by atoms with Crippen LogP contribution in [0.3, 0.4) is 0 Å².